The summed E-state index contributed by atoms with van der Waals surface area (Å²) in [7, 11) is 0. The molecule has 2 aromatic carbocycles. The summed E-state index contributed by atoms with van der Waals surface area (Å²) >= 11 is 6.64. The van der Waals surface area contributed by atoms with Gasteiger partial charge in [-0.1, -0.05) is 23.5 Å². The van der Waals surface area contributed by atoms with Crippen molar-refractivity contribution in [1.82, 2.24) is 15.6 Å². The van der Waals surface area contributed by atoms with Gasteiger partial charge in [-0.2, -0.15) is 5.10 Å². The number of hydrogen-bond acceptors (Lipinski definition) is 8. The first-order valence-electron chi connectivity index (χ1n) is 8.79. The minimum Gasteiger partial charge on any atom is -0.454 e. The molecule has 0 spiro atoms. The Morgan fingerprint density at radius 1 is 1.23 bits per heavy atom. The van der Waals surface area contributed by atoms with Crippen LogP contribution in [0.4, 0.5) is 5.13 Å². The van der Waals surface area contributed by atoms with E-state index in [2.05, 4.69) is 64.6 Å². The number of hydrazone groups is 1. The number of rotatable bonds is 6. The van der Waals surface area contributed by atoms with Crippen LogP contribution < -0.4 is 20.2 Å². The van der Waals surface area contributed by atoms with Gasteiger partial charge < -0.3 is 9.47 Å². The molecule has 0 unspecified atom stereocenters. The normalized spacial score (nSPS) is 12.2. The van der Waals surface area contributed by atoms with Crippen molar-refractivity contribution in [3.63, 3.8) is 0 Å². The average Bonchev–Trinajstić information content (AvgIpc) is 3.37. The monoisotopic (exact) mass is 613 g/mol. The predicted molar refractivity (Wildman–Crippen MR) is 127 cm³/mol. The molecule has 1 aliphatic heterocycles. The molecule has 12 heteroatoms. The molecule has 9 nitrogen and oxygen atoms in total. The van der Waals surface area contributed by atoms with E-state index >= 15 is 0 Å². The van der Waals surface area contributed by atoms with Gasteiger partial charge in [-0.15, -0.1) is 10.2 Å². The van der Waals surface area contributed by atoms with E-state index in [1.165, 1.54) is 6.21 Å². The lowest BCUT2D eigenvalue weighted by atomic mass is 10.2. The summed E-state index contributed by atoms with van der Waals surface area (Å²) in [6.07, 6.45) is 1.48. The lowest BCUT2D eigenvalue weighted by molar-refractivity contribution is -0.120. The van der Waals surface area contributed by atoms with E-state index in [1.54, 1.807) is 24.3 Å². The summed E-state index contributed by atoms with van der Waals surface area (Å²) in [5.74, 6) is 0.620. The zero-order valence-electron chi connectivity index (χ0n) is 15.6. The molecule has 0 fully saturated rings. The van der Waals surface area contributed by atoms with Crippen LogP contribution in [0.5, 0.6) is 11.5 Å². The highest BCUT2D eigenvalue weighted by molar-refractivity contribution is 14.1. The number of aromatic nitrogens is 2. The predicted octanol–water partition coefficient (Wildman–Crippen LogP) is 3.58. The zero-order chi connectivity index (χ0) is 21.8. The van der Waals surface area contributed by atoms with Gasteiger partial charge in [-0.3, -0.25) is 14.9 Å². The van der Waals surface area contributed by atoms with E-state index in [0.29, 0.717) is 27.2 Å². The van der Waals surface area contributed by atoms with Gasteiger partial charge in [0.2, 0.25) is 17.8 Å². The zero-order valence-corrected chi connectivity index (χ0v) is 20.2. The summed E-state index contributed by atoms with van der Waals surface area (Å²) in [6, 6.07) is 10.7. The smallest absolute Gasteiger partial charge is 0.258 e. The second kappa shape index (κ2) is 9.70. The van der Waals surface area contributed by atoms with Gasteiger partial charge >= 0.3 is 0 Å². The molecule has 2 amide bonds. The maximum atomic E-state index is 12.3. The van der Waals surface area contributed by atoms with Gasteiger partial charge in [0.1, 0.15) is 5.01 Å². The summed E-state index contributed by atoms with van der Waals surface area (Å²) < 4.78 is 12.2. The SMILES string of the molecule is O=C(Cc1nnc(NC(=O)c2ccccc2I)s1)N/N=C\c1cc2c(cc1Br)OCO2. The average molecular weight is 614 g/mol. The third-order valence-corrected chi connectivity index (χ3v) is 6.47. The van der Waals surface area contributed by atoms with Crippen molar-refractivity contribution in [3.05, 3.63) is 60.6 Å². The molecule has 1 aromatic heterocycles. The van der Waals surface area contributed by atoms with Crippen molar-refractivity contribution in [2.24, 2.45) is 5.10 Å². The van der Waals surface area contributed by atoms with Gasteiger partial charge in [0.15, 0.2) is 11.5 Å². The number of nitrogens with zero attached hydrogens (tertiary/aromatic N) is 3. The Morgan fingerprint density at radius 3 is 2.81 bits per heavy atom. The van der Waals surface area contributed by atoms with Crippen molar-refractivity contribution in [3.8, 4) is 11.5 Å². The fourth-order valence-electron chi connectivity index (χ4n) is 2.57. The number of anilines is 1. The van der Waals surface area contributed by atoms with Crippen LogP contribution in [0.1, 0.15) is 20.9 Å². The molecule has 2 N–H and O–H groups in total. The number of fused-ring (bicyclic) bond motifs is 1. The molecule has 3 aromatic rings. The molecule has 0 aliphatic carbocycles. The van der Waals surface area contributed by atoms with E-state index < -0.39 is 0 Å². The number of amides is 2. The number of halogens is 2. The van der Waals surface area contributed by atoms with Crippen LogP contribution in [0.2, 0.25) is 0 Å². The van der Waals surface area contributed by atoms with E-state index in [-0.39, 0.29) is 25.0 Å². The summed E-state index contributed by atoms with van der Waals surface area (Å²) in [6.45, 7) is 0.175. The van der Waals surface area contributed by atoms with E-state index in [9.17, 15) is 9.59 Å². The first-order chi connectivity index (χ1) is 15.0. The van der Waals surface area contributed by atoms with Gasteiger partial charge in [0.05, 0.1) is 18.2 Å². The number of nitrogens with one attached hydrogen (secondary N) is 2. The number of carbonyl (C=O) groups is 2. The second-order valence-corrected chi connectivity index (χ2v) is 9.21. The van der Waals surface area contributed by atoms with Crippen molar-refractivity contribution in [2.45, 2.75) is 6.42 Å². The molecule has 0 atom stereocenters. The topological polar surface area (TPSA) is 115 Å². The highest BCUT2D eigenvalue weighted by Crippen LogP contribution is 2.36. The minimum absolute atomic E-state index is 0.0178. The summed E-state index contributed by atoms with van der Waals surface area (Å²) in [4.78, 5) is 24.5. The first kappa shape index (κ1) is 21.6. The molecule has 4 rings (SSSR count). The molecule has 1 aliphatic rings. The van der Waals surface area contributed by atoms with Gasteiger partial charge in [-0.05, 0) is 62.8 Å². The van der Waals surface area contributed by atoms with Crippen molar-refractivity contribution in [2.75, 3.05) is 12.1 Å². The summed E-state index contributed by atoms with van der Waals surface area (Å²) in [5, 5.41) is 15.3. The molecule has 2 heterocycles. The fraction of sp³-hybridized carbons (Fsp3) is 0.105. The van der Waals surface area contributed by atoms with Crippen LogP contribution in [0.25, 0.3) is 0 Å². The van der Waals surface area contributed by atoms with E-state index in [4.69, 9.17) is 9.47 Å². The van der Waals surface area contributed by atoms with Crippen LogP contribution in [0.15, 0.2) is 46.0 Å². The molecule has 0 saturated carbocycles. The van der Waals surface area contributed by atoms with Crippen LogP contribution in [-0.4, -0.2) is 35.0 Å². The number of benzene rings is 2. The van der Waals surface area contributed by atoms with Crippen molar-refractivity contribution < 1.29 is 19.1 Å². The maximum absolute atomic E-state index is 12.3. The standard InChI is InChI=1S/C19H13BrIN5O4S/c20-12-6-15-14(29-9-30-15)5-10(12)8-22-24-16(27)7-17-25-26-19(31-17)23-18(28)11-3-1-2-4-13(11)21/h1-6,8H,7,9H2,(H,24,27)(H,23,26,28)/b22-8-. The lowest BCUT2D eigenvalue weighted by Crippen LogP contribution is -2.19. The van der Waals surface area contributed by atoms with Gasteiger partial charge in [0.25, 0.3) is 5.91 Å². The Labute approximate surface area is 202 Å². The molecule has 0 bridgehead atoms. The van der Waals surface area contributed by atoms with E-state index in [0.717, 1.165) is 24.9 Å². The number of carbonyl (C=O) groups excluding carboxylic acids is 2. The second-order valence-electron chi connectivity index (χ2n) is 6.13. The Bertz CT molecular complexity index is 1190. The van der Waals surface area contributed by atoms with Crippen molar-refractivity contribution in [1.29, 1.82) is 0 Å². The number of hydrogen-bond donors (Lipinski definition) is 2. The van der Waals surface area contributed by atoms with Gasteiger partial charge in [0, 0.05) is 13.6 Å². The van der Waals surface area contributed by atoms with E-state index in [1.807, 2.05) is 12.1 Å². The third-order valence-electron chi connectivity index (χ3n) is 4.00. The minimum atomic E-state index is -0.361. The Balaban J connectivity index is 1.32. The van der Waals surface area contributed by atoms with Crippen molar-refractivity contribution >= 4 is 73.0 Å². The largest absolute Gasteiger partial charge is 0.454 e. The molecular formula is C19H13BrIN5O4S. The molecule has 0 radical (unpaired) electrons. The maximum Gasteiger partial charge on any atom is 0.258 e. The Morgan fingerprint density at radius 2 is 2.00 bits per heavy atom. The van der Waals surface area contributed by atoms with Crippen LogP contribution in [0, 0.1) is 3.57 Å². The quantitative estimate of drug-likeness (QED) is 0.250. The van der Waals surface area contributed by atoms with Crippen LogP contribution in [-0.2, 0) is 11.2 Å². The Hall–Kier alpha value is -2.58. The first-order valence-corrected chi connectivity index (χ1v) is 11.5. The van der Waals surface area contributed by atoms with Crippen LogP contribution in [0.3, 0.4) is 0 Å². The van der Waals surface area contributed by atoms with Crippen LogP contribution >= 0.6 is 49.9 Å². The van der Waals surface area contributed by atoms with Gasteiger partial charge in [-0.25, -0.2) is 5.43 Å². The molecule has 31 heavy (non-hydrogen) atoms. The molecular weight excluding hydrogens is 601 g/mol. The Kier molecular flexibility index (Phi) is 6.77. The summed E-state index contributed by atoms with van der Waals surface area (Å²) in [5.41, 5.74) is 3.71. The fourth-order valence-corrected chi connectivity index (χ4v) is 4.36. The highest BCUT2D eigenvalue weighted by Gasteiger charge is 2.16. The molecule has 158 valence electrons. The molecule has 0 saturated heterocycles. The lowest BCUT2D eigenvalue weighted by Gasteiger charge is -2.03. The third kappa shape index (κ3) is 5.37. The highest BCUT2D eigenvalue weighted by atomic mass is 127. The number of ether oxygens (including phenoxy) is 2.